The normalized spacial score (nSPS) is 20.7. The van der Waals surface area contributed by atoms with Gasteiger partial charge in [0.2, 0.25) is 0 Å². The van der Waals surface area contributed by atoms with Crippen LogP contribution in [-0.2, 0) is 4.74 Å². The molecule has 1 unspecified atom stereocenters. The van der Waals surface area contributed by atoms with E-state index in [0.717, 1.165) is 25.9 Å². The molecule has 1 aliphatic rings. The Bertz CT molecular complexity index is 414. The van der Waals surface area contributed by atoms with Crippen LogP contribution in [0.15, 0.2) is 12.3 Å². The van der Waals surface area contributed by atoms with Crippen molar-refractivity contribution in [2.24, 2.45) is 0 Å². The molecular weight excluding hydrogens is 230 g/mol. The molecule has 0 spiro atoms. The Morgan fingerprint density at radius 2 is 2.33 bits per heavy atom. The number of ether oxygens (including phenoxy) is 1. The van der Waals surface area contributed by atoms with E-state index in [4.69, 9.17) is 4.74 Å². The van der Waals surface area contributed by atoms with E-state index in [-0.39, 0.29) is 12.0 Å². The van der Waals surface area contributed by atoms with Crippen molar-refractivity contribution in [3.8, 4) is 0 Å². The fraction of sp³-hybridized carbons (Fsp3) is 0.692. The van der Waals surface area contributed by atoms with Gasteiger partial charge in [-0.3, -0.25) is 4.68 Å². The summed E-state index contributed by atoms with van der Waals surface area (Å²) in [6.45, 7) is 7.51. The zero-order chi connectivity index (χ0) is 13.2. The molecule has 0 radical (unpaired) electrons. The van der Waals surface area contributed by atoms with Crippen molar-refractivity contribution in [2.75, 3.05) is 13.1 Å². The van der Waals surface area contributed by atoms with Crippen molar-refractivity contribution < 1.29 is 9.53 Å². The molecular formula is C13H21N3O2. The molecule has 2 heterocycles. The first-order valence-corrected chi connectivity index (χ1v) is 6.45. The van der Waals surface area contributed by atoms with Gasteiger partial charge in [0.1, 0.15) is 11.3 Å². The van der Waals surface area contributed by atoms with Gasteiger partial charge in [0.25, 0.3) is 0 Å². The molecule has 1 aromatic rings. The Kier molecular flexibility index (Phi) is 3.71. The van der Waals surface area contributed by atoms with Crippen molar-refractivity contribution in [1.29, 1.82) is 0 Å². The van der Waals surface area contributed by atoms with Gasteiger partial charge in [-0.1, -0.05) is 0 Å². The van der Waals surface area contributed by atoms with Crippen LogP contribution in [0.4, 0.5) is 0 Å². The van der Waals surface area contributed by atoms with Crippen LogP contribution in [0, 0.1) is 0 Å². The Labute approximate surface area is 108 Å². The number of nitrogens with zero attached hydrogens (tertiary/aromatic N) is 2. The summed E-state index contributed by atoms with van der Waals surface area (Å²) in [5, 5.41) is 7.59. The first-order valence-electron chi connectivity index (χ1n) is 6.45. The summed E-state index contributed by atoms with van der Waals surface area (Å²) in [6.07, 6.45) is 3.82. The molecule has 0 saturated carbocycles. The van der Waals surface area contributed by atoms with E-state index >= 15 is 0 Å². The maximum absolute atomic E-state index is 12.1. The molecule has 1 aromatic heterocycles. The Morgan fingerprint density at radius 3 is 2.94 bits per heavy atom. The molecule has 1 saturated heterocycles. The number of carbonyl (C=O) groups excluding carboxylic acids is 1. The van der Waals surface area contributed by atoms with Gasteiger partial charge in [-0.2, -0.15) is 5.10 Å². The van der Waals surface area contributed by atoms with E-state index in [1.165, 1.54) is 0 Å². The predicted molar refractivity (Wildman–Crippen MR) is 68.5 cm³/mol. The third kappa shape index (κ3) is 3.10. The minimum absolute atomic E-state index is 0.247. The summed E-state index contributed by atoms with van der Waals surface area (Å²) in [5.74, 6) is -0.300. The molecule has 1 N–H and O–H groups in total. The molecule has 5 heteroatoms. The van der Waals surface area contributed by atoms with Crippen molar-refractivity contribution in [1.82, 2.24) is 15.1 Å². The lowest BCUT2D eigenvalue weighted by atomic mass is 10.1. The standard InChI is InChI=1S/C13H21N3O2/c1-13(2,3)18-12(17)11-6-8-15-16(11)10-5-4-7-14-9-10/h6,8,10,14H,4-5,7,9H2,1-3H3. The van der Waals surface area contributed by atoms with Crippen LogP contribution in [-0.4, -0.2) is 34.4 Å². The van der Waals surface area contributed by atoms with Gasteiger partial charge in [-0.25, -0.2) is 4.79 Å². The minimum atomic E-state index is -0.475. The lowest BCUT2D eigenvalue weighted by Crippen LogP contribution is -2.34. The van der Waals surface area contributed by atoms with E-state index < -0.39 is 5.60 Å². The number of hydrogen-bond donors (Lipinski definition) is 1. The fourth-order valence-electron chi connectivity index (χ4n) is 2.14. The van der Waals surface area contributed by atoms with Crippen molar-refractivity contribution in [3.05, 3.63) is 18.0 Å². The molecule has 0 amide bonds. The van der Waals surface area contributed by atoms with E-state index in [2.05, 4.69) is 10.4 Å². The number of carbonyl (C=O) groups is 1. The van der Waals surface area contributed by atoms with E-state index in [0.29, 0.717) is 5.69 Å². The smallest absolute Gasteiger partial charge is 0.357 e. The molecule has 2 rings (SSSR count). The van der Waals surface area contributed by atoms with Gasteiger partial charge in [0, 0.05) is 12.7 Å². The van der Waals surface area contributed by atoms with Gasteiger partial charge in [-0.15, -0.1) is 0 Å². The third-order valence-corrected chi connectivity index (χ3v) is 2.90. The number of aromatic nitrogens is 2. The lowest BCUT2D eigenvalue weighted by Gasteiger charge is -2.25. The number of esters is 1. The molecule has 100 valence electrons. The van der Waals surface area contributed by atoms with Gasteiger partial charge in [-0.05, 0) is 46.2 Å². The number of rotatable bonds is 2. The van der Waals surface area contributed by atoms with E-state index in [1.54, 1.807) is 16.9 Å². The molecule has 1 atom stereocenters. The second-order valence-corrected chi connectivity index (χ2v) is 5.66. The van der Waals surface area contributed by atoms with Crippen LogP contribution in [0.1, 0.15) is 50.1 Å². The summed E-state index contributed by atoms with van der Waals surface area (Å²) in [4.78, 5) is 12.1. The minimum Gasteiger partial charge on any atom is -0.455 e. The van der Waals surface area contributed by atoms with Crippen LogP contribution in [0.25, 0.3) is 0 Å². The fourth-order valence-corrected chi connectivity index (χ4v) is 2.14. The maximum Gasteiger partial charge on any atom is 0.357 e. The zero-order valence-electron chi connectivity index (χ0n) is 11.3. The molecule has 0 bridgehead atoms. The Balaban J connectivity index is 2.14. The summed E-state index contributed by atoms with van der Waals surface area (Å²) in [5.41, 5.74) is 0.0652. The molecule has 5 nitrogen and oxygen atoms in total. The number of hydrogen-bond acceptors (Lipinski definition) is 4. The quantitative estimate of drug-likeness (QED) is 0.814. The molecule has 1 aliphatic heterocycles. The molecule has 18 heavy (non-hydrogen) atoms. The van der Waals surface area contributed by atoms with Gasteiger partial charge in [0.15, 0.2) is 0 Å². The average Bonchev–Trinajstić information content (AvgIpc) is 2.76. The first kappa shape index (κ1) is 13.1. The maximum atomic E-state index is 12.1. The zero-order valence-corrected chi connectivity index (χ0v) is 11.3. The highest BCUT2D eigenvalue weighted by Crippen LogP contribution is 2.19. The highest BCUT2D eigenvalue weighted by molar-refractivity contribution is 5.87. The van der Waals surface area contributed by atoms with E-state index in [1.807, 2.05) is 20.8 Å². The van der Waals surface area contributed by atoms with Crippen LogP contribution in [0.2, 0.25) is 0 Å². The highest BCUT2D eigenvalue weighted by Gasteiger charge is 2.25. The largest absolute Gasteiger partial charge is 0.455 e. The van der Waals surface area contributed by atoms with Gasteiger partial charge < -0.3 is 10.1 Å². The predicted octanol–water partition coefficient (Wildman–Crippen LogP) is 1.76. The monoisotopic (exact) mass is 251 g/mol. The highest BCUT2D eigenvalue weighted by atomic mass is 16.6. The molecule has 1 fully saturated rings. The van der Waals surface area contributed by atoms with Crippen molar-refractivity contribution >= 4 is 5.97 Å². The molecule has 0 aromatic carbocycles. The summed E-state index contributed by atoms with van der Waals surface area (Å²) < 4.78 is 7.19. The van der Waals surface area contributed by atoms with Crippen LogP contribution in [0.5, 0.6) is 0 Å². The number of piperidine rings is 1. The first-order chi connectivity index (χ1) is 8.47. The van der Waals surface area contributed by atoms with Gasteiger partial charge in [0.05, 0.1) is 6.04 Å². The number of nitrogens with one attached hydrogen (secondary N) is 1. The molecule has 0 aliphatic carbocycles. The second-order valence-electron chi connectivity index (χ2n) is 5.66. The lowest BCUT2D eigenvalue weighted by molar-refractivity contribution is 0.00526. The van der Waals surface area contributed by atoms with Crippen LogP contribution in [0.3, 0.4) is 0 Å². The summed E-state index contributed by atoms with van der Waals surface area (Å²) in [6, 6.07) is 1.97. The van der Waals surface area contributed by atoms with Gasteiger partial charge >= 0.3 is 5.97 Å². The Hall–Kier alpha value is -1.36. The summed E-state index contributed by atoms with van der Waals surface area (Å²) >= 11 is 0. The Morgan fingerprint density at radius 1 is 1.56 bits per heavy atom. The van der Waals surface area contributed by atoms with Crippen LogP contribution < -0.4 is 5.32 Å². The van der Waals surface area contributed by atoms with E-state index in [9.17, 15) is 4.79 Å². The van der Waals surface area contributed by atoms with Crippen LogP contribution >= 0.6 is 0 Å². The van der Waals surface area contributed by atoms with Crippen molar-refractivity contribution in [2.45, 2.75) is 45.3 Å². The summed E-state index contributed by atoms with van der Waals surface area (Å²) in [7, 11) is 0. The second kappa shape index (κ2) is 5.10. The third-order valence-electron chi connectivity index (χ3n) is 2.90. The average molecular weight is 251 g/mol. The SMILES string of the molecule is CC(C)(C)OC(=O)c1ccnn1C1CCCNC1. The topological polar surface area (TPSA) is 56.1 Å². The van der Waals surface area contributed by atoms with Crippen molar-refractivity contribution in [3.63, 3.8) is 0 Å².